The first-order chi connectivity index (χ1) is 10.8. The van der Waals surface area contributed by atoms with Gasteiger partial charge in [0.05, 0.1) is 10.6 Å². The van der Waals surface area contributed by atoms with Gasteiger partial charge in [0.1, 0.15) is 5.82 Å². The van der Waals surface area contributed by atoms with Crippen molar-refractivity contribution in [2.24, 2.45) is 5.14 Å². The van der Waals surface area contributed by atoms with E-state index in [9.17, 15) is 12.8 Å². The van der Waals surface area contributed by atoms with Crippen molar-refractivity contribution < 1.29 is 12.8 Å². The number of sulfonamides is 1. The molecule has 0 bridgehead atoms. The number of rotatable bonds is 5. The van der Waals surface area contributed by atoms with Crippen LogP contribution in [0.15, 0.2) is 53.4 Å². The number of nitrogens with two attached hydrogens (primary N) is 1. The molecule has 0 unspecified atom stereocenters. The number of primary sulfonamides is 1. The summed E-state index contributed by atoms with van der Waals surface area (Å²) in [6, 6.07) is 11.9. The Labute approximate surface area is 138 Å². The van der Waals surface area contributed by atoms with Crippen LogP contribution in [0.2, 0.25) is 0 Å². The van der Waals surface area contributed by atoms with Crippen molar-refractivity contribution in [2.75, 3.05) is 5.43 Å². The molecule has 0 radical (unpaired) electrons. The van der Waals surface area contributed by atoms with E-state index in [0.29, 0.717) is 17.3 Å². The van der Waals surface area contributed by atoms with Gasteiger partial charge < -0.3 is 5.32 Å². The van der Waals surface area contributed by atoms with Crippen molar-refractivity contribution >= 4 is 33.0 Å². The molecule has 2 aromatic rings. The Morgan fingerprint density at radius 1 is 1.09 bits per heavy atom. The first-order valence-corrected chi connectivity index (χ1v) is 8.47. The number of anilines is 1. The van der Waals surface area contributed by atoms with Crippen LogP contribution in [0.25, 0.3) is 0 Å². The van der Waals surface area contributed by atoms with Crippen molar-refractivity contribution in [3.8, 4) is 0 Å². The molecule has 6 nitrogen and oxygen atoms in total. The summed E-state index contributed by atoms with van der Waals surface area (Å²) < 4.78 is 35.1. The Kier molecular flexibility index (Phi) is 5.48. The topological polar surface area (TPSA) is 96.2 Å². The number of hydrogen-bond acceptors (Lipinski definition) is 4. The zero-order valence-corrected chi connectivity index (χ0v) is 13.5. The van der Waals surface area contributed by atoms with Gasteiger partial charge in [0.25, 0.3) is 0 Å². The van der Waals surface area contributed by atoms with Crippen LogP contribution in [0.3, 0.4) is 0 Å². The highest BCUT2D eigenvalue weighted by atomic mass is 32.2. The SMILES string of the molecule is NS(=O)(=O)c1ccc(NNC(=S)NCc2ccc(F)cc2)cc1. The molecule has 5 N–H and O–H groups in total. The van der Waals surface area contributed by atoms with Crippen LogP contribution < -0.4 is 21.3 Å². The standard InChI is InChI=1S/C14H15FN4O2S2/c15-11-3-1-10(2-4-11)9-17-14(22)19-18-12-5-7-13(8-6-12)23(16,20)21/h1-8,18H,9H2,(H2,16,20,21)(H2,17,19,22). The number of hydrazine groups is 1. The summed E-state index contributed by atoms with van der Waals surface area (Å²) in [5, 5.41) is 8.30. The molecule has 0 spiro atoms. The molecule has 0 aliphatic rings. The van der Waals surface area contributed by atoms with Crippen LogP contribution in [0.4, 0.5) is 10.1 Å². The van der Waals surface area contributed by atoms with Crippen LogP contribution in [0.1, 0.15) is 5.56 Å². The van der Waals surface area contributed by atoms with Crippen molar-refractivity contribution in [3.05, 3.63) is 59.9 Å². The Hall–Kier alpha value is -2.23. The molecule has 9 heteroatoms. The maximum absolute atomic E-state index is 12.8. The van der Waals surface area contributed by atoms with E-state index in [1.165, 1.54) is 24.3 Å². The zero-order valence-electron chi connectivity index (χ0n) is 11.9. The molecule has 0 heterocycles. The number of halogens is 1. The first kappa shape index (κ1) is 17.1. The van der Waals surface area contributed by atoms with Gasteiger partial charge in [-0.25, -0.2) is 17.9 Å². The normalized spacial score (nSPS) is 10.9. The quantitative estimate of drug-likeness (QED) is 0.480. The molecule has 2 aromatic carbocycles. The van der Waals surface area contributed by atoms with Gasteiger partial charge in [-0.3, -0.25) is 10.9 Å². The lowest BCUT2D eigenvalue weighted by molar-refractivity contribution is 0.598. The molecule has 0 atom stereocenters. The highest BCUT2D eigenvalue weighted by Gasteiger charge is 2.06. The summed E-state index contributed by atoms with van der Waals surface area (Å²) >= 11 is 5.09. The largest absolute Gasteiger partial charge is 0.357 e. The van der Waals surface area contributed by atoms with Gasteiger partial charge in [-0.05, 0) is 54.2 Å². The molecular formula is C14H15FN4O2S2. The molecule has 0 aliphatic carbocycles. The molecule has 23 heavy (non-hydrogen) atoms. The number of nitrogens with one attached hydrogen (secondary N) is 3. The minimum Gasteiger partial charge on any atom is -0.357 e. The van der Waals surface area contributed by atoms with Gasteiger partial charge >= 0.3 is 0 Å². The third kappa shape index (κ3) is 5.47. The van der Waals surface area contributed by atoms with E-state index in [4.69, 9.17) is 17.4 Å². The smallest absolute Gasteiger partial charge is 0.238 e. The van der Waals surface area contributed by atoms with E-state index < -0.39 is 10.0 Å². The highest BCUT2D eigenvalue weighted by Crippen LogP contribution is 2.11. The summed E-state index contributed by atoms with van der Waals surface area (Å²) in [6.07, 6.45) is 0. The van der Waals surface area contributed by atoms with E-state index in [-0.39, 0.29) is 10.7 Å². The second-order valence-corrected chi connectivity index (χ2v) is 6.60. The predicted octanol–water partition coefficient (Wildman–Crippen LogP) is 1.46. The van der Waals surface area contributed by atoms with E-state index >= 15 is 0 Å². The van der Waals surface area contributed by atoms with E-state index in [1.54, 1.807) is 24.3 Å². The molecule has 0 amide bonds. The van der Waals surface area contributed by atoms with Gasteiger partial charge in [-0.1, -0.05) is 12.1 Å². The van der Waals surface area contributed by atoms with Crippen LogP contribution in [-0.2, 0) is 16.6 Å². The molecule has 0 saturated carbocycles. The molecule has 0 aliphatic heterocycles. The van der Waals surface area contributed by atoms with Crippen molar-refractivity contribution in [1.82, 2.24) is 10.7 Å². The minimum atomic E-state index is -3.71. The fourth-order valence-electron chi connectivity index (χ4n) is 1.69. The van der Waals surface area contributed by atoms with E-state index in [0.717, 1.165) is 5.56 Å². The lowest BCUT2D eigenvalue weighted by atomic mass is 10.2. The summed E-state index contributed by atoms with van der Waals surface area (Å²) in [7, 11) is -3.71. The zero-order chi connectivity index (χ0) is 16.9. The molecule has 122 valence electrons. The molecule has 0 saturated heterocycles. The summed E-state index contributed by atoms with van der Waals surface area (Å²) in [4.78, 5) is 0.0278. The third-order valence-corrected chi connectivity index (χ3v) is 4.05. The second-order valence-electron chi connectivity index (χ2n) is 4.63. The molecular weight excluding hydrogens is 339 g/mol. The summed E-state index contributed by atoms with van der Waals surface area (Å²) in [5.41, 5.74) is 7.07. The van der Waals surface area contributed by atoms with Crippen molar-refractivity contribution in [1.29, 1.82) is 0 Å². The van der Waals surface area contributed by atoms with Crippen molar-refractivity contribution in [3.63, 3.8) is 0 Å². The lowest BCUT2D eigenvalue weighted by Gasteiger charge is -2.12. The Bertz CT molecular complexity index is 777. The van der Waals surface area contributed by atoms with Gasteiger partial charge in [0.15, 0.2) is 5.11 Å². The maximum Gasteiger partial charge on any atom is 0.238 e. The van der Waals surface area contributed by atoms with Gasteiger partial charge in [-0.2, -0.15) is 0 Å². The monoisotopic (exact) mass is 354 g/mol. The Morgan fingerprint density at radius 3 is 2.26 bits per heavy atom. The number of benzene rings is 2. The fraction of sp³-hybridized carbons (Fsp3) is 0.0714. The van der Waals surface area contributed by atoms with Crippen LogP contribution in [0.5, 0.6) is 0 Å². The van der Waals surface area contributed by atoms with E-state index in [1.807, 2.05) is 0 Å². The van der Waals surface area contributed by atoms with Crippen LogP contribution in [-0.4, -0.2) is 13.5 Å². The van der Waals surface area contributed by atoms with Crippen LogP contribution in [0, 0.1) is 5.82 Å². The summed E-state index contributed by atoms with van der Waals surface area (Å²) in [5.74, 6) is -0.293. The average molecular weight is 354 g/mol. The fourth-order valence-corrected chi connectivity index (χ4v) is 2.32. The maximum atomic E-state index is 12.8. The first-order valence-electron chi connectivity index (χ1n) is 6.52. The van der Waals surface area contributed by atoms with Gasteiger partial charge in [0.2, 0.25) is 10.0 Å². The number of hydrogen-bond donors (Lipinski definition) is 4. The van der Waals surface area contributed by atoms with Gasteiger partial charge in [-0.15, -0.1) is 0 Å². The van der Waals surface area contributed by atoms with Crippen LogP contribution >= 0.6 is 12.2 Å². The highest BCUT2D eigenvalue weighted by molar-refractivity contribution is 7.89. The second kappa shape index (κ2) is 7.36. The Morgan fingerprint density at radius 2 is 1.70 bits per heavy atom. The number of thiocarbonyl (C=S) groups is 1. The predicted molar refractivity (Wildman–Crippen MR) is 90.4 cm³/mol. The minimum absolute atomic E-state index is 0.0278. The van der Waals surface area contributed by atoms with Crippen molar-refractivity contribution in [2.45, 2.75) is 11.4 Å². The average Bonchev–Trinajstić information content (AvgIpc) is 2.52. The van der Waals surface area contributed by atoms with E-state index in [2.05, 4.69) is 16.2 Å². The third-order valence-electron chi connectivity index (χ3n) is 2.87. The lowest BCUT2D eigenvalue weighted by Crippen LogP contribution is -2.38. The van der Waals surface area contributed by atoms with Gasteiger partial charge in [0, 0.05) is 6.54 Å². The molecule has 0 aromatic heterocycles. The molecule has 2 rings (SSSR count). The summed E-state index contributed by atoms with van der Waals surface area (Å²) in [6.45, 7) is 0.443. The Balaban J connectivity index is 1.81. The molecule has 0 fully saturated rings.